The molecule has 0 radical (unpaired) electrons. The van der Waals surface area contributed by atoms with Crippen molar-refractivity contribution < 1.29 is 33.8 Å². The van der Waals surface area contributed by atoms with Gasteiger partial charge in [0.05, 0.1) is 6.04 Å². The van der Waals surface area contributed by atoms with Crippen LogP contribution in [0.4, 0.5) is 0 Å². The molecule has 33 heavy (non-hydrogen) atoms. The summed E-state index contributed by atoms with van der Waals surface area (Å²) in [5.74, 6) is -3.12. The van der Waals surface area contributed by atoms with Crippen LogP contribution in [0.25, 0.3) is 0 Å². The summed E-state index contributed by atoms with van der Waals surface area (Å²) in [6.45, 7) is 0.192. The fourth-order valence-electron chi connectivity index (χ4n) is 2.82. The second-order valence-corrected chi connectivity index (χ2v) is 7.38. The summed E-state index contributed by atoms with van der Waals surface area (Å²) in [5, 5.41) is 11.6. The number of carbonyl (C=O) groups excluding carboxylic acids is 3. The molecule has 0 saturated heterocycles. The fraction of sp³-hybridized carbons (Fsp3) is 0.333. The van der Waals surface area contributed by atoms with Crippen molar-refractivity contribution in [3.8, 4) is 0 Å². The third-order valence-electron chi connectivity index (χ3n) is 4.73. The lowest BCUT2D eigenvalue weighted by atomic mass is 10.1. The van der Waals surface area contributed by atoms with Crippen LogP contribution in [0.1, 0.15) is 36.8 Å². The van der Waals surface area contributed by atoms with Gasteiger partial charge in [-0.3, -0.25) is 14.4 Å². The van der Waals surface area contributed by atoms with Gasteiger partial charge in [-0.15, -0.1) is 0 Å². The fourth-order valence-corrected chi connectivity index (χ4v) is 2.82. The molecule has 0 saturated carbocycles. The minimum Gasteiger partial charge on any atom is -0.480 e. The van der Waals surface area contributed by atoms with Gasteiger partial charge in [0.1, 0.15) is 19.3 Å². The second-order valence-electron chi connectivity index (χ2n) is 7.38. The molecule has 0 bridgehead atoms. The maximum absolute atomic E-state index is 12.2. The maximum atomic E-state index is 12.2. The quantitative estimate of drug-likeness (QED) is 0.388. The SMILES string of the molecule is N[C@H](CCC(=O)OCc1ccccc1)C(=O)N[C@@H](CCC(=O)OCc1ccccc1)C(=O)O. The van der Waals surface area contributed by atoms with Gasteiger partial charge in [-0.1, -0.05) is 60.7 Å². The molecule has 176 valence electrons. The monoisotopic (exact) mass is 456 g/mol. The van der Waals surface area contributed by atoms with E-state index in [1.165, 1.54) is 0 Å². The Morgan fingerprint density at radius 3 is 1.70 bits per heavy atom. The van der Waals surface area contributed by atoms with E-state index < -0.39 is 35.9 Å². The minimum atomic E-state index is -1.31. The van der Waals surface area contributed by atoms with Gasteiger partial charge < -0.3 is 25.6 Å². The number of nitrogens with one attached hydrogen (secondary N) is 1. The zero-order valence-electron chi connectivity index (χ0n) is 18.1. The van der Waals surface area contributed by atoms with Crippen molar-refractivity contribution >= 4 is 23.8 Å². The second kappa shape index (κ2) is 13.6. The maximum Gasteiger partial charge on any atom is 0.326 e. The standard InChI is InChI=1S/C24H28N2O7/c25-19(11-13-21(27)32-15-17-7-3-1-4-8-17)23(29)26-20(24(30)31)12-14-22(28)33-16-18-9-5-2-6-10-18/h1-10,19-20H,11-16,25H2,(H,26,29)(H,30,31)/t19-,20+/m1/s1. The molecule has 0 fully saturated rings. The van der Waals surface area contributed by atoms with Crippen LogP contribution in [-0.4, -0.2) is 41.0 Å². The molecule has 2 aromatic carbocycles. The highest BCUT2D eigenvalue weighted by atomic mass is 16.5. The number of amides is 1. The van der Waals surface area contributed by atoms with Crippen LogP contribution in [0, 0.1) is 0 Å². The Balaban J connectivity index is 1.70. The van der Waals surface area contributed by atoms with Gasteiger partial charge >= 0.3 is 17.9 Å². The van der Waals surface area contributed by atoms with E-state index in [-0.39, 0.29) is 38.9 Å². The van der Waals surface area contributed by atoms with Crippen molar-refractivity contribution in [1.82, 2.24) is 5.32 Å². The van der Waals surface area contributed by atoms with Crippen LogP contribution >= 0.6 is 0 Å². The molecule has 9 heteroatoms. The average Bonchev–Trinajstić information content (AvgIpc) is 2.83. The Bertz CT molecular complexity index is 919. The number of carbonyl (C=O) groups is 4. The summed E-state index contributed by atoms with van der Waals surface area (Å²) in [5.41, 5.74) is 7.43. The van der Waals surface area contributed by atoms with Gasteiger partial charge in [0.2, 0.25) is 5.91 Å². The number of carboxylic acid groups (broad SMARTS) is 1. The predicted molar refractivity (Wildman–Crippen MR) is 118 cm³/mol. The minimum absolute atomic E-state index is 0.00902. The van der Waals surface area contributed by atoms with Crippen LogP contribution < -0.4 is 11.1 Å². The van der Waals surface area contributed by atoms with Crippen molar-refractivity contribution in [3.63, 3.8) is 0 Å². The van der Waals surface area contributed by atoms with E-state index in [0.717, 1.165) is 11.1 Å². The molecule has 1 amide bonds. The van der Waals surface area contributed by atoms with Crippen LogP contribution in [0.5, 0.6) is 0 Å². The number of rotatable bonds is 13. The summed E-state index contributed by atoms with van der Waals surface area (Å²) < 4.78 is 10.2. The van der Waals surface area contributed by atoms with Gasteiger partial charge in [-0.2, -0.15) is 0 Å². The van der Waals surface area contributed by atoms with Crippen molar-refractivity contribution in [2.75, 3.05) is 0 Å². The van der Waals surface area contributed by atoms with Crippen molar-refractivity contribution in [1.29, 1.82) is 0 Å². The number of carboxylic acids is 1. The van der Waals surface area contributed by atoms with Gasteiger partial charge in [-0.25, -0.2) is 4.79 Å². The van der Waals surface area contributed by atoms with E-state index in [4.69, 9.17) is 15.2 Å². The van der Waals surface area contributed by atoms with Crippen LogP contribution in [-0.2, 0) is 41.9 Å². The highest BCUT2D eigenvalue weighted by Crippen LogP contribution is 2.07. The Labute approximate surface area is 191 Å². The van der Waals surface area contributed by atoms with E-state index in [2.05, 4.69) is 5.32 Å². The van der Waals surface area contributed by atoms with Crippen molar-refractivity contribution in [3.05, 3.63) is 71.8 Å². The molecule has 2 aromatic rings. The highest BCUT2D eigenvalue weighted by Gasteiger charge is 2.24. The first-order valence-electron chi connectivity index (χ1n) is 10.5. The summed E-state index contributed by atoms with van der Waals surface area (Å²) in [6, 6.07) is 15.8. The topological polar surface area (TPSA) is 145 Å². The number of aliphatic carboxylic acids is 1. The van der Waals surface area contributed by atoms with Gasteiger partial charge in [0.25, 0.3) is 0 Å². The molecule has 0 spiro atoms. The molecular weight excluding hydrogens is 428 g/mol. The molecule has 0 aliphatic heterocycles. The molecule has 0 aromatic heterocycles. The van der Waals surface area contributed by atoms with Crippen molar-refractivity contribution in [2.24, 2.45) is 5.73 Å². The van der Waals surface area contributed by atoms with Crippen LogP contribution in [0.3, 0.4) is 0 Å². The lowest BCUT2D eigenvalue weighted by Gasteiger charge is -2.17. The molecule has 0 unspecified atom stereocenters. The lowest BCUT2D eigenvalue weighted by Crippen LogP contribution is -2.48. The van der Waals surface area contributed by atoms with E-state index in [1.807, 2.05) is 48.5 Å². The number of esters is 2. The molecule has 2 atom stereocenters. The molecule has 9 nitrogen and oxygen atoms in total. The van der Waals surface area contributed by atoms with E-state index in [9.17, 15) is 24.3 Å². The number of benzene rings is 2. The third kappa shape index (κ3) is 9.96. The summed E-state index contributed by atoms with van der Waals surface area (Å²) in [7, 11) is 0. The highest BCUT2D eigenvalue weighted by molar-refractivity contribution is 5.87. The first kappa shape index (κ1) is 25.5. The van der Waals surface area contributed by atoms with Crippen molar-refractivity contribution in [2.45, 2.75) is 51.0 Å². The van der Waals surface area contributed by atoms with Gasteiger partial charge in [-0.05, 0) is 24.0 Å². The van der Waals surface area contributed by atoms with Crippen LogP contribution in [0.2, 0.25) is 0 Å². The molecule has 4 N–H and O–H groups in total. The molecule has 0 heterocycles. The van der Waals surface area contributed by atoms with Gasteiger partial charge in [0, 0.05) is 12.8 Å². The Hall–Kier alpha value is -3.72. The van der Waals surface area contributed by atoms with E-state index in [0.29, 0.717) is 0 Å². The number of hydrogen-bond donors (Lipinski definition) is 3. The van der Waals surface area contributed by atoms with Gasteiger partial charge in [0.15, 0.2) is 0 Å². The molecule has 0 aliphatic rings. The Morgan fingerprint density at radius 2 is 1.24 bits per heavy atom. The Morgan fingerprint density at radius 1 is 0.788 bits per heavy atom. The number of ether oxygens (including phenoxy) is 2. The largest absolute Gasteiger partial charge is 0.480 e. The number of hydrogen-bond acceptors (Lipinski definition) is 7. The molecule has 2 rings (SSSR count). The third-order valence-corrected chi connectivity index (χ3v) is 4.73. The molecule has 0 aliphatic carbocycles. The summed E-state index contributed by atoms with van der Waals surface area (Å²) in [4.78, 5) is 47.5. The van der Waals surface area contributed by atoms with Crippen LogP contribution in [0.15, 0.2) is 60.7 Å². The molecular formula is C24H28N2O7. The zero-order valence-corrected chi connectivity index (χ0v) is 18.1. The first-order valence-corrected chi connectivity index (χ1v) is 10.5. The van der Waals surface area contributed by atoms with E-state index in [1.54, 1.807) is 12.1 Å². The lowest BCUT2D eigenvalue weighted by molar-refractivity contribution is -0.147. The average molecular weight is 456 g/mol. The zero-order chi connectivity index (χ0) is 24.1. The predicted octanol–water partition coefficient (Wildman–Crippen LogP) is 1.93. The summed E-state index contributed by atoms with van der Waals surface area (Å²) >= 11 is 0. The Kier molecular flexibility index (Phi) is 10.6. The normalized spacial score (nSPS) is 12.3. The summed E-state index contributed by atoms with van der Waals surface area (Å²) in [6.07, 6.45) is -0.443. The smallest absolute Gasteiger partial charge is 0.326 e. The number of nitrogens with two attached hydrogens (primary N) is 1. The first-order chi connectivity index (χ1) is 15.8. The van der Waals surface area contributed by atoms with E-state index >= 15 is 0 Å².